The van der Waals surface area contributed by atoms with Crippen LogP contribution in [0.25, 0.3) is 10.2 Å². The zero-order valence-electron chi connectivity index (χ0n) is 18.7. The Morgan fingerprint density at radius 1 is 1.12 bits per heavy atom. The second-order valence-electron chi connectivity index (χ2n) is 9.15. The molecule has 2 atom stereocenters. The van der Waals surface area contributed by atoms with Crippen molar-refractivity contribution in [2.24, 2.45) is 0 Å². The molecule has 10 heteroatoms. The van der Waals surface area contributed by atoms with Crippen molar-refractivity contribution >= 4 is 51.8 Å². The number of hydrogen-bond acceptors (Lipinski definition) is 9. The Labute approximate surface area is 207 Å². The highest BCUT2D eigenvalue weighted by atomic mass is 32.1. The van der Waals surface area contributed by atoms with Crippen LogP contribution in [0, 0.1) is 0 Å². The zero-order chi connectivity index (χ0) is 23.2. The minimum absolute atomic E-state index is 0.127. The number of benzene rings is 1. The summed E-state index contributed by atoms with van der Waals surface area (Å²) in [7, 11) is 0. The number of imide groups is 1. The van der Waals surface area contributed by atoms with Crippen LogP contribution in [0.15, 0.2) is 36.0 Å². The molecule has 3 aliphatic heterocycles. The molecule has 0 bridgehead atoms. The molecule has 2 unspecified atom stereocenters. The van der Waals surface area contributed by atoms with Gasteiger partial charge < -0.3 is 4.90 Å². The van der Waals surface area contributed by atoms with E-state index in [4.69, 9.17) is 12.6 Å². The van der Waals surface area contributed by atoms with Gasteiger partial charge >= 0.3 is 0 Å². The van der Waals surface area contributed by atoms with Gasteiger partial charge in [-0.05, 0) is 34.6 Å². The van der Waals surface area contributed by atoms with Gasteiger partial charge in [-0.1, -0.05) is 18.2 Å². The summed E-state index contributed by atoms with van der Waals surface area (Å²) < 4.78 is 0. The van der Waals surface area contributed by atoms with Crippen molar-refractivity contribution in [3.8, 4) is 0 Å². The van der Waals surface area contributed by atoms with Gasteiger partial charge in [-0.3, -0.25) is 24.7 Å². The second-order valence-corrected chi connectivity index (χ2v) is 10.5. The maximum absolute atomic E-state index is 12.4. The topological polar surface area (TPSA) is 81.7 Å². The molecule has 6 rings (SSSR count). The largest absolute Gasteiger partial charge is 0.353 e. The third kappa shape index (κ3) is 3.98. The maximum atomic E-state index is 12.4. The molecule has 1 aromatic carbocycles. The number of thiophene rings is 1. The zero-order valence-corrected chi connectivity index (χ0v) is 20.4. The Hall–Kier alpha value is -2.53. The Kier molecular flexibility index (Phi) is 5.76. The van der Waals surface area contributed by atoms with Gasteiger partial charge in [0, 0.05) is 45.7 Å². The van der Waals surface area contributed by atoms with Crippen molar-refractivity contribution in [1.29, 1.82) is 0 Å². The molecule has 2 fully saturated rings. The third-order valence-corrected chi connectivity index (χ3v) is 8.48. The third-order valence-electron chi connectivity index (χ3n) is 7.08. The van der Waals surface area contributed by atoms with Gasteiger partial charge in [0.2, 0.25) is 11.8 Å². The molecule has 0 aliphatic carbocycles. The number of carbonyl (C=O) groups excluding carboxylic acids is 2. The van der Waals surface area contributed by atoms with Crippen molar-refractivity contribution in [1.82, 2.24) is 25.1 Å². The number of nitrogens with zero attached hydrogens (tertiary/aromatic N) is 5. The fourth-order valence-corrected chi connectivity index (χ4v) is 6.51. The highest BCUT2D eigenvalue weighted by Gasteiger charge is 2.39. The molecule has 3 aromatic rings. The van der Waals surface area contributed by atoms with Crippen LogP contribution in [0.2, 0.25) is 0 Å². The summed E-state index contributed by atoms with van der Waals surface area (Å²) >= 11 is 6.46. The van der Waals surface area contributed by atoms with E-state index in [2.05, 4.69) is 59.6 Å². The Morgan fingerprint density at radius 3 is 2.79 bits per heavy atom. The first-order valence-corrected chi connectivity index (χ1v) is 13.0. The molecule has 8 nitrogen and oxygen atoms in total. The minimum Gasteiger partial charge on any atom is -0.353 e. The number of aromatic nitrogens is 2. The molecule has 5 heterocycles. The van der Waals surface area contributed by atoms with Crippen molar-refractivity contribution in [2.45, 2.75) is 37.3 Å². The number of piperidine rings is 1. The molecule has 0 radical (unpaired) electrons. The smallest absolute Gasteiger partial charge is 0.243 e. The van der Waals surface area contributed by atoms with Crippen LogP contribution in [0.1, 0.15) is 34.9 Å². The molecule has 2 aromatic heterocycles. The first-order valence-electron chi connectivity index (χ1n) is 11.6. The summed E-state index contributed by atoms with van der Waals surface area (Å²) in [6.07, 6.45) is 2.60. The highest BCUT2D eigenvalue weighted by Crippen LogP contribution is 2.39. The van der Waals surface area contributed by atoms with E-state index in [1.807, 2.05) is 0 Å². The lowest BCUT2D eigenvalue weighted by Crippen LogP contribution is -2.51. The van der Waals surface area contributed by atoms with Gasteiger partial charge in [-0.25, -0.2) is 9.97 Å². The van der Waals surface area contributed by atoms with Crippen molar-refractivity contribution < 1.29 is 9.59 Å². The van der Waals surface area contributed by atoms with Gasteiger partial charge in [0.15, 0.2) is 0 Å². The number of fused-ring (bicyclic) bond motifs is 2. The molecule has 1 N–H and O–H groups in total. The summed E-state index contributed by atoms with van der Waals surface area (Å²) in [4.78, 5) is 40.8. The van der Waals surface area contributed by atoms with Gasteiger partial charge in [0.05, 0.1) is 16.8 Å². The normalized spacial score (nSPS) is 24.0. The average Bonchev–Trinajstić information content (AvgIpc) is 3.44. The Morgan fingerprint density at radius 2 is 1.97 bits per heavy atom. The van der Waals surface area contributed by atoms with Crippen molar-refractivity contribution in [3.05, 3.63) is 52.7 Å². The standard InChI is InChI=1S/C24H26N6O2S2/c31-20-4-3-19(22(32)27-20)30-13-16-11-15(1-2-17(16)24(30)33)12-28-6-8-29(9-7-28)21-18-5-10-34-23(18)26-14-25-21/h1-2,5,10-11,14,19,24,33H,3-4,6-9,12-13H2,(H,27,31,32). The first kappa shape index (κ1) is 22.0. The molecular formula is C24H26N6O2S2. The monoisotopic (exact) mass is 494 g/mol. The van der Waals surface area contributed by atoms with E-state index in [-0.39, 0.29) is 23.2 Å². The Bertz CT molecular complexity index is 1260. The molecular weight excluding hydrogens is 468 g/mol. The predicted octanol–water partition coefficient (Wildman–Crippen LogP) is 2.56. The quantitative estimate of drug-likeness (QED) is 0.426. The molecule has 0 spiro atoms. The van der Waals surface area contributed by atoms with E-state index >= 15 is 0 Å². The lowest BCUT2D eigenvalue weighted by atomic mass is 10.0. The average molecular weight is 495 g/mol. The number of hydrogen-bond donors (Lipinski definition) is 2. The Balaban J connectivity index is 1.10. The number of nitrogens with one attached hydrogen (secondary N) is 1. The summed E-state index contributed by atoms with van der Waals surface area (Å²) in [6.45, 7) is 5.41. The van der Waals surface area contributed by atoms with E-state index in [9.17, 15) is 9.59 Å². The van der Waals surface area contributed by atoms with E-state index in [0.717, 1.165) is 54.3 Å². The second kappa shape index (κ2) is 8.92. The molecule has 34 heavy (non-hydrogen) atoms. The molecule has 176 valence electrons. The van der Waals surface area contributed by atoms with E-state index < -0.39 is 0 Å². The van der Waals surface area contributed by atoms with Gasteiger partial charge in [0.1, 0.15) is 17.0 Å². The van der Waals surface area contributed by atoms with E-state index in [1.54, 1.807) is 17.7 Å². The lowest BCUT2D eigenvalue weighted by Gasteiger charge is -2.35. The number of thiol groups is 1. The van der Waals surface area contributed by atoms with E-state index in [0.29, 0.717) is 19.4 Å². The summed E-state index contributed by atoms with van der Waals surface area (Å²) in [6, 6.07) is 8.40. The number of rotatable bonds is 4. The minimum atomic E-state index is -0.305. The SMILES string of the molecule is O=C1CCC(N2Cc3cc(CN4CCN(c5ncnc6sccc56)CC4)ccc3C2S)C(=O)N1. The number of carbonyl (C=O) groups is 2. The number of amides is 2. The molecule has 3 aliphatic rings. The van der Waals surface area contributed by atoms with Crippen molar-refractivity contribution in [2.75, 3.05) is 31.1 Å². The van der Waals surface area contributed by atoms with Gasteiger partial charge in [-0.2, -0.15) is 12.6 Å². The summed E-state index contributed by atoms with van der Waals surface area (Å²) in [5.74, 6) is 0.650. The van der Waals surface area contributed by atoms with Crippen LogP contribution >= 0.6 is 24.0 Å². The highest BCUT2D eigenvalue weighted by molar-refractivity contribution is 7.80. The fraction of sp³-hybridized carbons (Fsp3) is 0.417. The molecule has 0 saturated carbocycles. The number of piperazine rings is 1. The maximum Gasteiger partial charge on any atom is 0.243 e. The lowest BCUT2D eigenvalue weighted by molar-refractivity contribution is -0.137. The van der Waals surface area contributed by atoms with Crippen LogP contribution in [-0.2, 0) is 22.7 Å². The van der Waals surface area contributed by atoms with Crippen LogP contribution in [0.5, 0.6) is 0 Å². The van der Waals surface area contributed by atoms with Crippen LogP contribution in [0.3, 0.4) is 0 Å². The van der Waals surface area contributed by atoms with Crippen LogP contribution < -0.4 is 10.2 Å². The first-order chi connectivity index (χ1) is 16.6. The van der Waals surface area contributed by atoms with Gasteiger partial charge in [-0.15, -0.1) is 11.3 Å². The number of anilines is 1. The molecule has 2 saturated heterocycles. The van der Waals surface area contributed by atoms with Crippen LogP contribution in [0.4, 0.5) is 5.82 Å². The predicted molar refractivity (Wildman–Crippen MR) is 135 cm³/mol. The van der Waals surface area contributed by atoms with Gasteiger partial charge in [0.25, 0.3) is 0 Å². The fourth-order valence-electron chi connectivity index (χ4n) is 5.29. The van der Waals surface area contributed by atoms with Crippen LogP contribution in [-0.4, -0.2) is 63.8 Å². The van der Waals surface area contributed by atoms with E-state index in [1.165, 1.54) is 11.1 Å². The summed E-state index contributed by atoms with van der Waals surface area (Å²) in [5, 5.41) is 5.56. The summed E-state index contributed by atoms with van der Waals surface area (Å²) in [5.41, 5.74) is 3.66. The molecule has 2 amide bonds. The van der Waals surface area contributed by atoms with Crippen molar-refractivity contribution in [3.63, 3.8) is 0 Å².